The number of rotatable bonds is 3. The predicted molar refractivity (Wildman–Crippen MR) is 67.4 cm³/mol. The van der Waals surface area contributed by atoms with Crippen molar-refractivity contribution in [2.75, 3.05) is 0 Å². The second-order valence-electron chi connectivity index (χ2n) is 4.02. The minimum absolute atomic E-state index is 0.177. The molecule has 1 heterocycles. The lowest BCUT2D eigenvalue weighted by atomic mass is 10.2. The van der Waals surface area contributed by atoms with Crippen molar-refractivity contribution in [3.05, 3.63) is 52.5 Å². The van der Waals surface area contributed by atoms with Gasteiger partial charge in [-0.25, -0.2) is 9.48 Å². The van der Waals surface area contributed by atoms with E-state index in [1.165, 1.54) is 4.68 Å². The van der Waals surface area contributed by atoms with E-state index in [2.05, 4.69) is 5.10 Å². The van der Waals surface area contributed by atoms with Gasteiger partial charge >= 0.3 is 5.97 Å². The summed E-state index contributed by atoms with van der Waals surface area (Å²) in [6, 6.07) is 7.16. The van der Waals surface area contributed by atoms with Gasteiger partial charge in [-0.1, -0.05) is 18.2 Å². The Bertz CT molecular complexity index is 686. The Kier molecular flexibility index (Phi) is 3.23. The molecule has 1 aromatic carbocycles. The van der Waals surface area contributed by atoms with Crippen molar-refractivity contribution in [1.29, 1.82) is 0 Å². The first-order valence-electron chi connectivity index (χ1n) is 5.43. The summed E-state index contributed by atoms with van der Waals surface area (Å²) in [7, 11) is 0. The van der Waals surface area contributed by atoms with Crippen LogP contribution in [0.3, 0.4) is 0 Å². The SMILES string of the molecule is CC(=CC(=O)O)Cn1ncc2ccccc2c1=O. The molecule has 0 amide bonds. The zero-order chi connectivity index (χ0) is 13.1. The molecule has 0 saturated carbocycles. The number of allylic oxidation sites excluding steroid dienone is 1. The summed E-state index contributed by atoms with van der Waals surface area (Å²) in [6.07, 6.45) is 2.67. The van der Waals surface area contributed by atoms with Crippen LogP contribution < -0.4 is 5.56 Å². The zero-order valence-electron chi connectivity index (χ0n) is 9.83. The maximum Gasteiger partial charge on any atom is 0.328 e. The summed E-state index contributed by atoms with van der Waals surface area (Å²) < 4.78 is 1.26. The molecule has 5 nitrogen and oxygen atoms in total. The van der Waals surface area contributed by atoms with Crippen LogP contribution in [-0.2, 0) is 11.3 Å². The summed E-state index contributed by atoms with van der Waals surface area (Å²) >= 11 is 0. The molecular weight excluding hydrogens is 232 g/mol. The molecule has 0 radical (unpaired) electrons. The minimum atomic E-state index is -1.03. The highest BCUT2D eigenvalue weighted by Crippen LogP contribution is 2.07. The molecule has 0 saturated heterocycles. The normalized spacial score (nSPS) is 11.7. The largest absolute Gasteiger partial charge is 0.478 e. The second kappa shape index (κ2) is 4.83. The first kappa shape index (κ1) is 12.0. The van der Waals surface area contributed by atoms with E-state index >= 15 is 0 Å². The average Bonchev–Trinajstić information content (AvgIpc) is 2.32. The van der Waals surface area contributed by atoms with Gasteiger partial charge in [0.25, 0.3) is 5.56 Å². The highest BCUT2D eigenvalue weighted by atomic mass is 16.4. The standard InChI is InChI=1S/C13H12N2O3/c1-9(6-12(16)17)8-15-13(18)11-5-3-2-4-10(11)7-14-15/h2-7H,8H2,1H3,(H,16,17). The van der Waals surface area contributed by atoms with Crippen LogP contribution in [0.2, 0.25) is 0 Å². The molecule has 0 fully saturated rings. The fourth-order valence-corrected chi connectivity index (χ4v) is 1.73. The number of hydrogen-bond acceptors (Lipinski definition) is 3. The Balaban J connectivity index is 2.44. The third kappa shape index (κ3) is 2.45. The van der Waals surface area contributed by atoms with Crippen LogP contribution in [0.4, 0.5) is 0 Å². The van der Waals surface area contributed by atoms with Gasteiger partial charge in [-0.3, -0.25) is 4.79 Å². The number of fused-ring (bicyclic) bond motifs is 1. The maximum absolute atomic E-state index is 12.1. The van der Waals surface area contributed by atoms with Gasteiger partial charge in [0.1, 0.15) is 0 Å². The van der Waals surface area contributed by atoms with Gasteiger partial charge in [-0.05, 0) is 18.6 Å². The number of hydrogen-bond donors (Lipinski definition) is 1. The molecule has 2 aromatic rings. The van der Waals surface area contributed by atoms with Crippen LogP contribution in [0.5, 0.6) is 0 Å². The van der Waals surface area contributed by atoms with E-state index in [9.17, 15) is 9.59 Å². The third-order valence-electron chi connectivity index (χ3n) is 2.53. The molecule has 0 aliphatic carbocycles. The number of aromatic nitrogens is 2. The summed E-state index contributed by atoms with van der Waals surface area (Å²) in [5.41, 5.74) is 0.346. The lowest BCUT2D eigenvalue weighted by Crippen LogP contribution is -2.23. The van der Waals surface area contributed by atoms with Crippen molar-refractivity contribution < 1.29 is 9.90 Å². The fraction of sp³-hybridized carbons (Fsp3) is 0.154. The molecule has 18 heavy (non-hydrogen) atoms. The van der Waals surface area contributed by atoms with E-state index in [-0.39, 0.29) is 12.1 Å². The molecule has 0 aliphatic heterocycles. The molecule has 0 unspecified atom stereocenters. The minimum Gasteiger partial charge on any atom is -0.478 e. The molecule has 1 N–H and O–H groups in total. The zero-order valence-corrected chi connectivity index (χ0v) is 9.83. The van der Waals surface area contributed by atoms with Crippen molar-refractivity contribution in [2.45, 2.75) is 13.5 Å². The highest BCUT2D eigenvalue weighted by molar-refractivity contribution is 5.81. The van der Waals surface area contributed by atoms with Crippen molar-refractivity contribution in [1.82, 2.24) is 9.78 Å². The van der Waals surface area contributed by atoms with Gasteiger partial charge in [0.05, 0.1) is 18.1 Å². The first-order chi connectivity index (χ1) is 8.58. The maximum atomic E-state index is 12.1. The monoisotopic (exact) mass is 244 g/mol. The first-order valence-corrected chi connectivity index (χ1v) is 5.43. The van der Waals surface area contributed by atoms with Crippen molar-refractivity contribution in [3.63, 3.8) is 0 Å². The number of nitrogens with zero attached hydrogens (tertiary/aromatic N) is 2. The Morgan fingerprint density at radius 2 is 2.17 bits per heavy atom. The molecule has 0 aliphatic rings. The van der Waals surface area contributed by atoms with Crippen LogP contribution >= 0.6 is 0 Å². The van der Waals surface area contributed by atoms with Crippen molar-refractivity contribution >= 4 is 16.7 Å². The van der Waals surface area contributed by atoms with E-state index in [1.807, 2.05) is 12.1 Å². The van der Waals surface area contributed by atoms with E-state index in [0.29, 0.717) is 11.0 Å². The Morgan fingerprint density at radius 1 is 1.44 bits per heavy atom. The van der Waals surface area contributed by atoms with Crippen LogP contribution in [0.25, 0.3) is 10.8 Å². The molecule has 0 atom stereocenters. The molecule has 0 spiro atoms. The topological polar surface area (TPSA) is 72.2 Å². The van der Waals surface area contributed by atoms with Gasteiger partial charge in [-0.2, -0.15) is 5.10 Å². The van der Waals surface area contributed by atoms with Crippen LogP contribution in [-0.4, -0.2) is 20.9 Å². The molecule has 0 bridgehead atoms. The second-order valence-corrected chi connectivity index (χ2v) is 4.02. The van der Waals surface area contributed by atoms with E-state index in [1.54, 1.807) is 25.3 Å². The Hall–Kier alpha value is -2.43. The fourth-order valence-electron chi connectivity index (χ4n) is 1.73. The van der Waals surface area contributed by atoms with Crippen LogP contribution in [0, 0.1) is 0 Å². The van der Waals surface area contributed by atoms with E-state index in [4.69, 9.17) is 5.11 Å². The lowest BCUT2D eigenvalue weighted by Gasteiger charge is -2.05. The summed E-state index contributed by atoms with van der Waals surface area (Å²) in [6.45, 7) is 1.83. The Labute approximate surface area is 103 Å². The van der Waals surface area contributed by atoms with E-state index < -0.39 is 5.97 Å². The third-order valence-corrected chi connectivity index (χ3v) is 2.53. The van der Waals surface area contributed by atoms with Gasteiger partial charge in [0.15, 0.2) is 0 Å². The van der Waals surface area contributed by atoms with Crippen LogP contribution in [0.1, 0.15) is 6.92 Å². The molecule has 2 rings (SSSR count). The van der Waals surface area contributed by atoms with Crippen molar-refractivity contribution in [2.24, 2.45) is 0 Å². The van der Waals surface area contributed by atoms with Crippen molar-refractivity contribution in [3.8, 4) is 0 Å². The average molecular weight is 244 g/mol. The number of carbonyl (C=O) groups is 1. The molecule has 5 heteroatoms. The predicted octanol–water partition coefficient (Wildman–Crippen LogP) is 1.43. The molecule has 92 valence electrons. The smallest absolute Gasteiger partial charge is 0.328 e. The number of aliphatic carboxylic acids is 1. The Morgan fingerprint density at radius 3 is 2.89 bits per heavy atom. The summed E-state index contributed by atoms with van der Waals surface area (Å²) in [5, 5.41) is 14.0. The van der Waals surface area contributed by atoms with Crippen LogP contribution in [0.15, 0.2) is 46.9 Å². The molecular formula is C13H12N2O3. The number of benzene rings is 1. The van der Waals surface area contributed by atoms with Gasteiger partial charge in [0.2, 0.25) is 0 Å². The van der Waals surface area contributed by atoms with Gasteiger partial charge < -0.3 is 5.11 Å². The van der Waals surface area contributed by atoms with Gasteiger partial charge in [-0.15, -0.1) is 0 Å². The number of carboxylic acid groups (broad SMARTS) is 1. The summed E-state index contributed by atoms with van der Waals surface area (Å²) in [4.78, 5) is 22.6. The molecule has 1 aromatic heterocycles. The quantitative estimate of drug-likeness (QED) is 0.829. The van der Waals surface area contributed by atoms with Gasteiger partial charge in [0, 0.05) is 11.5 Å². The summed E-state index contributed by atoms with van der Waals surface area (Å²) in [5.74, 6) is -1.03. The van der Waals surface area contributed by atoms with E-state index in [0.717, 1.165) is 11.5 Å². The number of carboxylic acids is 1. The lowest BCUT2D eigenvalue weighted by molar-refractivity contribution is -0.131. The highest BCUT2D eigenvalue weighted by Gasteiger charge is 2.04.